The molecule has 1 fully saturated rings. The highest BCUT2D eigenvalue weighted by Gasteiger charge is 2.27. The van der Waals surface area contributed by atoms with Crippen molar-refractivity contribution in [1.29, 1.82) is 0 Å². The number of carbonyl (C=O) groups is 1. The maximum absolute atomic E-state index is 11.7. The quantitative estimate of drug-likeness (QED) is 0.503. The van der Waals surface area contributed by atoms with Gasteiger partial charge in [0.25, 0.3) is 0 Å². The fraction of sp³-hybridized carbons (Fsp3) is 0.944. The second kappa shape index (κ2) is 11.1. The third-order valence-corrected chi connectivity index (χ3v) is 5.31. The Morgan fingerprint density at radius 1 is 1.29 bits per heavy atom. The summed E-state index contributed by atoms with van der Waals surface area (Å²) in [6.45, 7) is 13.2. The van der Waals surface area contributed by atoms with E-state index in [0.717, 1.165) is 38.8 Å². The van der Waals surface area contributed by atoms with Crippen molar-refractivity contribution < 1.29 is 17.9 Å². The molecule has 6 heteroatoms. The maximum atomic E-state index is 11.7. The first-order valence-corrected chi connectivity index (χ1v) is 10.9. The fourth-order valence-electron chi connectivity index (χ4n) is 2.17. The minimum absolute atomic E-state index is 0.225. The highest BCUT2D eigenvalue weighted by Crippen LogP contribution is 2.30. The molecule has 0 amide bonds. The summed E-state index contributed by atoms with van der Waals surface area (Å²) in [5.74, 6) is 1.53. The van der Waals surface area contributed by atoms with Crippen LogP contribution in [0.15, 0.2) is 0 Å². The molecule has 0 saturated heterocycles. The van der Waals surface area contributed by atoms with Crippen LogP contribution < -0.4 is 5.32 Å². The van der Waals surface area contributed by atoms with Crippen LogP contribution in [-0.4, -0.2) is 44.6 Å². The lowest BCUT2D eigenvalue weighted by molar-refractivity contribution is -0.151. The molecule has 0 radical (unpaired) electrons. The van der Waals surface area contributed by atoms with E-state index in [2.05, 4.69) is 19.2 Å². The van der Waals surface area contributed by atoms with E-state index in [-0.39, 0.29) is 11.6 Å². The Morgan fingerprint density at radius 2 is 1.88 bits per heavy atom. The minimum atomic E-state index is -2.77. The topological polar surface area (TPSA) is 72.5 Å². The number of hydrogen-bond donors (Lipinski definition) is 1. The van der Waals surface area contributed by atoms with Gasteiger partial charge in [-0.2, -0.15) is 0 Å². The van der Waals surface area contributed by atoms with Crippen molar-refractivity contribution in [3.8, 4) is 0 Å². The Morgan fingerprint density at radius 3 is 2.25 bits per heavy atom. The summed E-state index contributed by atoms with van der Waals surface area (Å²) >= 11 is 0. The molecule has 0 aromatic rings. The van der Waals surface area contributed by atoms with E-state index in [0.29, 0.717) is 23.3 Å². The molecule has 0 heterocycles. The van der Waals surface area contributed by atoms with Gasteiger partial charge in [0.2, 0.25) is 0 Å². The second-order valence-corrected chi connectivity index (χ2v) is 10.1. The summed E-state index contributed by atoms with van der Waals surface area (Å²) in [5.41, 5.74) is -0.328. The molecule has 0 bridgehead atoms. The van der Waals surface area contributed by atoms with Crippen molar-refractivity contribution in [2.45, 2.75) is 72.8 Å². The summed E-state index contributed by atoms with van der Waals surface area (Å²) < 4.78 is 28.2. The Bertz CT molecular complexity index is 450. The van der Waals surface area contributed by atoms with Crippen molar-refractivity contribution in [2.24, 2.45) is 11.8 Å². The molecular formula is C18H37NO4S. The summed E-state index contributed by atoms with van der Waals surface area (Å²) in [6.07, 6.45) is 4.16. The molecule has 5 nitrogen and oxygen atoms in total. The van der Waals surface area contributed by atoms with E-state index in [1.54, 1.807) is 0 Å². The molecule has 1 rings (SSSR count). The highest BCUT2D eigenvalue weighted by atomic mass is 32.2. The lowest BCUT2D eigenvalue weighted by Gasteiger charge is -2.17. The Kier molecular flexibility index (Phi) is 10.8. The first kappa shape index (κ1) is 23.4. The van der Waals surface area contributed by atoms with Crippen LogP contribution in [0.25, 0.3) is 0 Å². The van der Waals surface area contributed by atoms with Crippen LogP contribution in [0.1, 0.15) is 67.2 Å². The Hall–Kier alpha value is -0.620. The van der Waals surface area contributed by atoms with Gasteiger partial charge in [0.15, 0.2) is 9.84 Å². The smallest absolute Gasteiger partial charge is 0.303 e. The predicted octanol–water partition coefficient (Wildman–Crippen LogP) is 3.19. The monoisotopic (exact) mass is 363 g/mol. The summed E-state index contributed by atoms with van der Waals surface area (Å²) in [6, 6.07) is 0. The van der Waals surface area contributed by atoms with Gasteiger partial charge in [-0.1, -0.05) is 13.8 Å². The third-order valence-electron chi connectivity index (χ3n) is 3.48. The molecule has 0 spiro atoms. The number of ether oxygens (including phenoxy) is 1. The number of carbonyl (C=O) groups excluding carboxylic acids is 1. The summed E-state index contributed by atoms with van der Waals surface area (Å²) in [7, 11) is -2.77. The molecule has 0 aliphatic heterocycles. The van der Waals surface area contributed by atoms with Crippen molar-refractivity contribution in [3.63, 3.8) is 0 Å². The molecule has 1 saturated carbocycles. The number of esters is 1. The van der Waals surface area contributed by atoms with Crippen LogP contribution in [0.2, 0.25) is 0 Å². The van der Waals surface area contributed by atoms with Crippen molar-refractivity contribution in [1.82, 2.24) is 5.32 Å². The molecule has 1 atom stereocenters. The minimum Gasteiger partial charge on any atom is -0.460 e. The standard InChI is InChI=1S/C12H25NO2S.C6H12O2/c1-3-7-13-9-11(2)6-8-16(14,15)10-12-4-5-12;1-5(7)8-6(2,3)4/h11-13H,3-10H2,1-2H3;1-4H3/t11-;/m0./s1. The van der Waals surface area contributed by atoms with Gasteiger partial charge >= 0.3 is 5.97 Å². The lowest BCUT2D eigenvalue weighted by atomic mass is 10.1. The Balaban J connectivity index is 0.000000561. The van der Waals surface area contributed by atoms with E-state index in [4.69, 9.17) is 4.74 Å². The van der Waals surface area contributed by atoms with Crippen molar-refractivity contribution in [2.75, 3.05) is 24.6 Å². The fourth-order valence-corrected chi connectivity index (χ4v) is 4.15. The molecule has 0 aromatic carbocycles. The van der Waals surface area contributed by atoms with Crippen molar-refractivity contribution in [3.05, 3.63) is 0 Å². The maximum Gasteiger partial charge on any atom is 0.303 e. The van der Waals surface area contributed by atoms with Gasteiger partial charge in [0.05, 0.1) is 11.5 Å². The van der Waals surface area contributed by atoms with Crippen LogP contribution in [0.4, 0.5) is 0 Å². The van der Waals surface area contributed by atoms with Crippen LogP contribution in [-0.2, 0) is 19.4 Å². The third kappa shape index (κ3) is 16.2. The number of nitrogens with one attached hydrogen (secondary N) is 1. The molecule has 0 aromatic heterocycles. The second-order valence-electron chi connectivity index (χ2n) is 7.86. The van der Waals surface area contributed by atoms with Crippen LogP contribution >= 0.6 is 0 Å². The largest absolute Gasteiger partial charge is 0.460 e. The first-order valence-electron chi connectivity index (χ1n) is 9.06. The summed E-state index contributed by atoms with van der Waals surface area (Å²) in [5, 5.41) is 3.33. The first-order chi connectivity index (χ1) is 10.9. The van der Waals surface area contributed by atoms with Crippen molar-refractivity contribution >= 4 is 15.8 Å². The lowest BCUT2D eigenvalue weighted by Crippen LogP contribution is -2.24. The Labute approximate surface area is 148 Å². The van der Waals surface area contributed by atoms with Gasteiger partial charge < -0.3 is 10.1 Å². The van der Waals surface area contributed by atoms with E-state index >= 15 is 0 Å². The molecule has 1 aliphatic rings. The summed E-state index contributed by atoms with van der Waals surface area (Å²) in [4.78, 5) is 10.2. The van der Waals surface area contributed by atoms with E-state index in [9.17, 15) is 13.2 Å². The van der Waals surface area contributed by atoms with Gasteiger partial charge in [0.1, 0.15) is 5.60 Å². The van der Waals surface area contributed by atoms with Gasteiger partial charge in [-0.15, -0.1) is 0 Å². The molecule has 1 N–H and O–H groups in total. The van der Waals surface area contributed by atoms with Gasteiger partial charge in [-0.05, 0) is 71.4 Å². The molecular weight excluding hydrogens is 326 g/mol. The molecule has 0 unspecified atom stereocenters. The van der Waals surface area contributed by atoms with Crippen LogP contribution in [0.5, 0.6) is 0 Å². The number of sulfone groups is 1. The molecule has 1 aliphatic carbocycles. The van der Waals surface area contributed by atoms with E-state index in [1.807, 2.05) is 20.8 Å². The van der Waals surface area contributed by atoms with E-state index < -0.39 is 9.84 Å². The zero-order valence-electron chi connectivity index (χ0n) is 16.4. The predicted molar refractivity (Wildman–Crippen MR) is 99.8 cm³/mol. The normalized spacial score (nSPS) is 16.1. The SMILES string of the molecule is CC(=O)OC(C)(C)C.CCCNC[C@@H](C)CCS(=O)(=O)CC1CC1. The average molecular weight is 364 g/mol. The number of hydrogen-bond acceptors (Lipinski definition) is 5. The molecule has 24 heavy (non-hydrogen) atoms. The van der Waals surface area contributed by atoms with Gasteiger partial charge in [-0.25, -0.2) is 8.42 Å². The van der Waals surface area contributed by atoms with Gasteiger partial charge in [0, 0.05) is 6.92 Å². The van der Waals surface area contributed by atoms with Gasteiger partial charge in [-0.3, -0.25) is 4.79 Å². The van der Waals surface area contributed by atoms with Crippen LogP contribution in [0, 0.1) is 11.8 Å². The number of rotatable bonds is 9. The average Bonchev–Trinajstić information content (AvgIpc) is 3.18. The van der Waals surface area contributed by atoms with Crippen LogP contribution in [0.3, 0.4) is 0 Å². The zero-order chi connectivity index (χ0) is 18.8. The molecule has 144 valence electrons. The zero-order valence-corrected chi connectivity index (χ0v) is 17.2. The van der Waals surface area contributed by atoms with E-state index in [1.165, 1.54) is 6.92 Å². The highest BCUT2D eigenvalue weighted by molar-refractivity contribution is 7.91.